The van der Waals surface area contributed by atoms with E-state index in [4.69, 9.17) is 5.73 Å². The Morgan fingerprint density at radius 2 is 2.13 bits per heavy atom. The van der Waals surface area contributed by atoms with E-state index in [9.17, 15) is 9.59 Å². The summed E-state index contributed by atoms with van der Waals surface area (Å²) in [6, 6.07) is 0. The highest BCUT2D eigenvalue weighted by Gasteiger charge is 2.35. The Hall–Kier alpha value is -0.900. The highest BCUT2D eigenvalue weighted by Crippen LogP contribution is 2.20. The second-order valence-electron chi connectivity index (χ2n) is 4.75. The maximum absolute atomic E-state index is 11.6. The van der Waals surface area contributed by atoms with Crippen LogP contribution in [0, 0.1) is 5.92 Å². The van der Waals surface area contributed by atoms with Crippen LogP contribution in [0.25, 0.3) is 0 Å². The molecule has 1 aliphatic heterocycles. The lowest BCUT2D eigenvalue weighted by Crippen LogP contribution is -2.41. The van der Waals surface area contributed by atoms with Crippen LogP contribution in [0.15, 0.2) is 0 Å². The van der Waals surface area contributed by atoms with Crippen molar-refractivity contribution >= 4 is 11.8 Å². The molecule has 0 aromatic heterocycles. The molecule has 4 nitrogen and oxygen atoms in total. The van der Waals surface area contributed by atoms with Gasteiger partial charge in [0.2, 0.25) is 11.8 Å². The topological polar surface area (TPSA) is 63.4 Å². The number of nitrogens with zero attached hydrogens (tertiary/aromatic N) is 1. The summed E-state index contributed by atoms with van der Waals surface area (Å²) in [5.74, 6) is -0.255. The van der Waals surface area contributed by atoms with Gasteiger partial charge in [-0.05, 0) is 19.8 Å². The fourth-order valence-electron chi connectivity index (χ4n) is 1.63. The summed E-state index contributed by atoms with van der Waals surface area (Å²) in [4.78, 5) is 24.4. The maximum atomic E-state index is 11.6. The van der Waals surface area contributed by atoms with E-state index in [0.717, 1.165) is 6.42 Å². The molecule has 2 unspecified atom stereocenters. The van der Waals surface area contributed by atoms with E-state index in [0.29, 0.717) is 19.4 Å². The molecule has 0 aliphatic carbocycles. The molecular formula is C11H20N2O2. The van der Waals surface area contributed by atoms with E-state index in [1.54, 1.807) is 6.92 Å². The molecule has 86 valence electrons. The molecule has 1 fully saturated rings. The van der Waals surface area contributed by atoms with Crippen molar-refractivity contribution in [2.45, 2.75) is 45.6 Å². The van der Waals surface area contributed by atoms with Gasteiger partial charge in [0, 0.05) is 24.4 Å². The number of hydrogen-bond acceptors (Lipinski definition) is 3. The molecule has 1 rings (SSSR count). The highest BCUT2D eigenvalue weighted by atomic mass is 16.2. The lowest BCUT2D eigenvalue weighted by atomic mass is 9.96. The van der Waals surface area contributed by atoms with Crippen LogP contribution in [-0.2, 0) is 9.59 Å². The average molecular weight is 212 g/mol. The van der Waals surface area contributed by atoms with Crippen molar-refractivity contribution in [3.05, 3.63) is 0 Å². The number of hydrogen-bond donors (Lipinski definition) is 1. The summed E-state index contributed by atoms with van der Waals surface area (Å²) in [5.41, 5.74) is 5.69. The van der Waals surface area contributed by atoms with E-state index in [2.05, 4.69) is 0 Å². The first kappa shape index (κ1) is 12.2. The monoisotopic (exact) mass is 212 g/mol. The van der Waals surface area contributed by atoms with Crippen LogP contribution in [0.2, 0.25) is 0 Å². The summed E-state index contributed by atoms with van der Waals surface area (Å²) in [6.07, 6.45) is 1.87. The molecule has 1 saturated heterocycles. The van der Waals surface area contributed by atoms with Crippen molar-refractivity contribution in [2.24, 2.45) is 11.7 Å². The second kappa shape index (κ2) is 4.31. The fourth-order valence-corrected chi connectivity index (χ4v) is 1.63. The summed E-state index contributed by atoms with van der Waals surface area (Å²) in [6.45, 7) is 6.21. The van der Waals surface area contributed by atoms with Crippen molar-refractivity contribution in [1.29, 1.82) is 0 Å². The van der Waals surface area contributed by atoms with Gasteiger partial charge in [-0.2, -0.15) is 0 Å². The predicted octanol–water partition coefficient (Wildman–Crippen LogP) is 0.899. The molecule has 0 aromatic carbocycles. The zero-order valence-electron chi connectivity index (χ0n) is 9.75. The number of amides is 2. The minimum atomic E-state index is -0.285. The van der Waals surface area contributed by atoms with Gasteiger partial charge in [-0.3, -0.25) is 14.5 Å². The molecule has 1 heterocycles. The predicted molar refractivity (Wildman–Crippen MR) is 58.0 cm³/mol. The van der Waals surface area contributed by atoms with Crippen molar-refractivity contribution in [2.75, 3.05) is 6.54 Å². The molecule has 0 spiro atoms. The minimum Gasteiger partial charge on any atom is -0.325 e. The third kappa shape index (κ3) is 2.78. The fraction of sp³-hybridized carbons (Fsp3) is 0.818. The van der Waals surface area contributed by atoms with E-state index in [-0.39, 0.29) is 23.3 Å². The van der Waals surface area contributed by atoms with Crippen LogP contribution in [0.4, 0.5) is 0 Å². The van der Waals surface area contributed by atoms with E-state index in [1.165, 1.54) is 4.90 Å². The average Bonchev–Trinajstić information content (AvgIpc) is 2.39. The largest absolute Gasteiger partial charge is 0.325 e. The first-order valence-corrected chi connectivity index (χ1v) is 5.50. The van der Waals surface area contributed by atoms with Crippen molar-refractivity contribution in [3.63, 3.8) is 0 Å². The third-order valence-electron chi connectivity index (χ3n) is 3.18. The van der Waals surface area contributed by atoms with Crippen LogP contribution in [0.5, 0.6) is 0 Å². The van der Waals surface area contributed by atoms with Gasteiger partial charge in [0.15, 0.2) is 0 Å². The molecule has 2 N–H and O–H groups in total. The quantitative estimate of drug-likeness (QED) is 0.704. The van der Waals surface area contributed by atoms with Crippen LogP contribution in [0.3, 0.4) is 0 Å². The van der Waals surface area contributed by atoms with Gasteiger partial charge in [-0.15, -0.1) is 0 Å². The number of carbonyl (C=O) groups excluding carboxylic acids is 2. The van der Waals surface area contributed by atoms with Crippen LogP contribution in [0.1, 0.15) is 40.0 Å². The smallest absolute Gasteiger partial charge is 0.232 e. The summed E-state index contributed by atoms with van der Waals surface area (Å²) in [7, 11) is 0. The number of carbonyl (C=O) groups is 2. The second-order valence-corrected chi connectivity index (χ2v) is 4.75. The van der Waals surface area contributed by atoms with E-state index < -0.39 is 0 Å². The minimum absolute atomic E-state index is 0.0492. The summed E-state index contributed by atoms with van der Waals surface area (Å²) in [5, 5.41) is 0. The zero-order valence-corrected chi connectivity index (χ0v) is 9.75. The normalized spacial score (nSPS) is 25.9. The Labute approximate surface area is 90.8 Å². The number of nitrogens with two attached hydrogens (primary N) is 1. The van der Waals surface area contributed by atoms with Crippen molar-refractivity contribution < 1.29 is 9.59 Å². The molecule has 4 heteroatoms. The molecule has 2 amide bonds. The van der Waals surface area contributed by atoms with Gasteiger partial charge in [0.1, 0.15) is 0 Å². The van der Waals surface area contributed by atoms with Crippen molar-refractivity contribution in [3.8, 4) is 0 Å². The van der Waals surface area contributed by atoms with Gasteiger partial charge in [-0.1, -0.05) is 13.8 Å². The molecular weight excluding hydrogens is 192 g/mol. The molecule has 0 bridgehead atoms. The first-order valence-electron chi connectivity index (χ1n) is 5.50. The standard InChI is InChI=1S/C11H20N2O2/c1-4-11(3,12)5-6-13-9(14)7-8(2)10(13)15/h8H,4-7,12H2,1-3H3. The van der Waals surface area contributed by atoms with Gasteiger partial charge < -0.3 is 5.73 Å². The van der Waals surface area contributed by atoms with Crippen molar-refractivity contribution in [1.82, 2.24) is 4.90 Å². The lowest BCUT2D eigenvalue weighted by molar-refractivity contribution is -0.139. The van der Waals surface area contributed by atoms with Gasteiger partial charge >= 0.3 is 0 Å². The van der Waals surface area contributed by atoms with E-state index >= 15 is 0 Å². The SMILES string of the molecule is CCC(C)(N)CCN1C(=O)CC(C)C1=O. The molecule has 0 aromatic rings. The van der Waals surface area contributed by atoms with Gasteiger partial charge in [0.25, 0.3) is 0 Å². The maximum Gasteiger partial charge on any atom is 0.232 e. The van der Waals surface area contributed by atoms with E-state index in [1.807, 2.05) is 13.8 Å². The van der Waals surface area contributed by atoms with Gasteiger partial charge in [-0.25, -0.2) is 0 Å². The van der Waals surface area contributed by atoms with Gasteiger partial charge in [0.05, 0.1) is 0 Å². The summed E-state index contributed by atoms with van der Waals surface area (Å²) >= 11 is 0. The Morgan fingerprint density at radius 1 is 1.53 bits per heavy atom. The molecule has 0 radical (unpaired) electrons. The number of rotatable bonds is 4. The lowest BCUT2D eigenvalue weighted by Gasteiger charge is -2.25. The number of imide groups is 1. The summed E-state index contributed by atoms with van der Waals surface area (Å²) < 4.78 is 0. The Balaban J connectivity index is 2.52. The Bertz CT molecular complexity index is 274. The van der Waals surface area contributed by atoms with Crippen LogP contribution in [-0.4, -0.2) is 28.8 Å². The third-order valence-corrected chi connectivity index (χ3v) is 3.18. The molecule has 1 aliphatic rings. The number of likely N-dealkylation sites (tertiary alicyclic amines) is 1. The molecule has 15 heavy (non-hydrogen) atoms. The first-order chi connectivity index (χ1) is 6.87. The molecule has 0 saturated carbocycles. The van der Waals surface area contributed by atoms with Crippen LogP contribution < -0.4 is 5.73 Å². The Kier molecular flexibility index (Phi) is 3.50. The Morgan fingerprint density at radius 3 is 2.53 bits per heavy atom. The highest BCUT2D eigenvalue weighted by molar-refractivity contribution is 6.03. The zero-order chi connectivity index (χ0) is 11.6. The molecule has 2 atom stereocenters. The van der Waals surface area contributed by atoms with Crippen LogP contribution >= 0.6 is 0 Å².